The van der Waals surface area contributed by atoms with Gasteiger partial charge in [0.2, 0.25) is 5.91 Å². The second kappa shape index (κ2) is 7.63. The minimum atomic E-state index is -0.0384. The molecule has 0 saturated carbocycles. The first-order valence-electron chi connectivity index (χ1n) is 7.73. The predicted octanol–water partition coefficient (Wildman–Crippen LogP) is 4.80. The van der Waals surface area contributed by atoms with Crippen LogP contribution in [0.25, 0.3) is 11.3 Å². The van der Waals surface area contributed by atoms with E-state index < -0.39 is 0 Å². The highest BCUT2D eigenvalue weighted by Gasteiger charge is 2.09. The molecule has 3 aromatic rings. The van der Waals surface area contributed by atoms with Gasteiger partial charge in [0, 0.05) is 17.9 Å². The zero-order valence-corrected chi connectivity index (χ0v) is 15.4. The molecule has 1 unspecified atom stereocenters. The molecular weight excluding hydrogens is 356 g/mol. The molecule has 1 atom stereocenters. The molecule has 1 aromatic carbocycles. The molecule has 2 aromatic heterocycles. The summed E-state index contributed by atoms with van der Waals surface area (Å²) in [5.74, 6) is -0.0384. The number of anilines is 2. The summed E-state index contributed by atoms with van der Waals surface area (Å²) in [6.45, 7) is 3.48. The molecule has 5 nitrogen and oxygen atoms in total. The van der Waals surface area contributed by atoms with Gasteiger partial charge in [-0.2, -0.15) is 0 Å². The number of carbonyl (C=O) groups is 1. The average Bonchev–Trinajstić information content (AvgIpc) is 3.05. The van der Waals surface area contributed by atoms with Gasteiger partial charge in [0.1, 0.15) is 5.15 Å². The lowest BCUT2D eigenvalue weighted by atomic mass is 10.1. The number of carbonyl (C=O) groups excluding carboxylic acids is 1. The molecule has 128 valence electrons. The second-order valence-electron chi connectivity index (χ2n) is 5.58. The fraction of sp³-hybridized carbons (Fsp3) is 0.167. The maximum atomic E-state index is 11.1. The van der Waals surface area contributed by atoms with Crippen LogP contribution in [-0.2, 0) is 4.79 Å². The van der Waals surface area contributed by atoms with Gasteiger partial charge in [0.15, 0.2) is 5.13 Å². The summed E-state index contributed by atoms with van der Waals surface area (Å²) >= 11 is 7.31. The zero-order chi connectivity index (χ0) is 17.8. The van der Waals surface area contributed by atoms with Crippen LogP contribution in [0.15, 0.2) is 48.0 Å². The van der Waals surface area contributed by atoms with E-state index in [-0.39, 0.29) is 11.9 Å². The number of amides is 1. The monoisotopic (exact) mass is 372 g/mol. The minimum Gasteiger partial charge on any atom is -0.350 e. The van der Waals surface area contributed by atoms with Gasteiger partial charge in [-0.05, 0) is 24.6 Å². The number of hydrogen-bond acceptors (Lipinski definition) is 5. The van der Waals surface area contributed by atoms with Crippen molar-refractivity contribution in [3.8, 4) is 11.3 Å². The first kappa shape index (κ1) is 17.4. The molecule has 0 saturated heterocycles. The smallest absolute Gasteiger partial charge is 0.217 e. The van der Waals surface area contributed by atoms with Crippen molar-refractivity contribution >= 4 is 39.7 Å². The first-order chi connectivity index (χ1) is 12.0. The Kier molecular flexibility index (Phi) is 5.31. The maximum absolute atomic E-state index is 11.1. The van der Waals surface area contributed by atoms with Crippen LogP contribution >= 0.6 is 22.9 Å². The topological polar surface area (TPSA) is 66.9 Å². The van der Waals surface area contributed by atoms with Crippen molar-refractivity contribution in [3.05, 3.63) is 58.7 Å². The van der Waals surface area contributed by atoms with Crippen molar-refractivity contribution in [2.24, 2.45) is 0 Å². The van der Waals surface area contributed by atoms with Crippen molar-refractivity contribution in [2.75, 3.05) is 5.32 Å². The lowest BCUT2D eigenvalue weighted by molar-refractivity contribution is -0.119. The van der Waals surface area contributed by atoms with E-state index in [1.165, 1.54) is 18.3 Å². The van der Waals surface area contributed by atoms with E-state index in [0.717, 1.165) is 27.6 Å². The number of nitrogens with one attached hydrogen (secondary N) is 2. The van der Waals surface area contributed by atoms with Crippen molar-refractivity contribution in [1.29, 1.82) is 0 Å². The number of pyridine rings is 1. The van der Waals surface area contributed by atoms with Crippen LogP contribution in [0.2, 0.25) is 5.15 Å². The molecule has 0 aliphatic rings. The normalized spacial score (nSPS) is 11.8. The van der Waals surface area contributed by atoms with Crippen molar-refractivity contribution < 1.29 is 4.79 Å². The van der Waals surface area contributed by atoms with E-state index in [9.17, 15) is 4.79 Å². The van der Waals surface area contributed by atoms with E-state index in [1.807, 2.05) is 42.6 Å². The number of halogens is 1. The maximum Gasteiger partial charge on any atom is 0.217 e. The van der Waals surface area contributed by atoms with Gasteiger partial charge in [-0.1, -0.05) is 35.9 Å². The van der Waals surface area contributed by atoms with E-state index in [1.54, 1.807) is 12.3 Å². The molecule has 0 spiro atoms. The summed E-state index contributed by atoms with van der Waals surface area (Å²) in [7, 11) is 0. The van der Waals surface area contributed by atoms with Gasteiger partial charge >= 0.3 is 0 Å². The number of hydrogen-bond donors (Lipinski definition) is 2. The first-order valence-corrected chi connectivity index (χ1v) is 8.98. The van der Waals surface area contributed by atoms with Crippen LogP contribution in [-0.4, -0.2) is 15.9 Å². The number of nitrogens with zero attached hydrogens (tertiary/aromatic N) is 2. The number of aromatic nitrogens is 2. The van der Waals surface area contributed by atoms with Crippen molar-refractivity contribution in [3.63, 3.8) is 0 Å². The van der Waals surface area contributed by atoms with Crippen LogP contribution in [0, 0.1) is 0 Å². The summed E-state index contributed by atoms with van der Waals surface area (Å²) in [5, 5.41) is 9.33. The number of rotatable bonds is 5. The third-order valence-corrected chi connectivity index (χ3v) is 4.59. The van der Waals surface area contributed by atoms with Gasteiger partial charge in [-0.25, -0.2) is 9.97 Å². The Hall–Kier alpha value is -2.44. The predicted molar refractivity (Wildman–Crippen MR) is 102 cm³/mol. The quantitative estimate of drug-likeness (QED) is 0.631. The molecule has 25 heavy (non-hydrogen) atoms. The van der Waals surface area contributed by atoms with E-state index >= 15 is 0 Å². The van der Waals surface area contributed by atoms with Gasteiger partial charge in [-0.15, -0.1) is 11.3 Å². The summed E-state index contributed by atoms with van der Waals surface area (Å²) in [6.07, 6.45) is 1.67. The molecule has 0 fully saturated rings. The Morgan fingerprint density at radius 3 is 2.60 bits per heavy atom. The largest absolute Gasteiger partial charge is 0.350 e. The lowest BCUT2D eigenvalue weighted by Gasteiger charge is -2.13. The fourth-order valence-electron chi connectivity index (χ4n) is 2.37. The SMILES string of the molecule is CC(=O)NC(C)c1ccc(-c2csc(Nc3ccc(Cl)nc3)n2)cc1. The Morgan fingerprint density at radius 2 is 1.96 bits per heavy atom. The highest BCUT2D eigenvalue weighted by atomic mass is 35.5. The molecule has 0 aliphatic carbocycles. The average molecular weight is 373 g/mol. The Labute approximate surface area is 155 Å². The molecule has 7 heteroatoms. The molecule has 2 N–H and O–H groups in total. The van der Waals surface area contributed by atoms with Crippen molar-refractivity contribution in [2.45, 2.75) is 19.9 Å². The van der Waals surface area contributed by atoms with Gasteiger partial charge in [-0.3, -0.25) is 4.79 Å². The second-order valence-corrected chi connectivity index (χ2v) is 6.82. The molecule has 0 aliphatic heterocycles. The number of benzene rings is 1. The summed E-state index contributed by atoms with van der Waals surface area (Å²) < 4.78 is 0. The third kappa shape index (κ3) is 4.55. The lowest BCUT2D eigenvalue weighted by Crippen LogP contribution is -2.23. The Morgan fingerprint density at radius 1 is 1.20 bits per heavy atom. The van der Waals surface area contributed by atoms with Crippen LogP contribution in [0.3, 0.4) is 0 Å². The standard InChI is InChI=1S/C18H17ClN4OS/c1-11(21-12(2)24)13-3-5-14(6-4-13)16-10-25-18(23-16)22-15-7-8-17(19)20-9-15/h3-11H,1-2H3,(H,21,24)(H,22,23). The fourth-order valence-corrected chi connectivity index (χ4v) is 3.22. The number of thiazole rings is 1. The van der Waals surface area contributed by atoms with Crippen LogP contribution in [0.4, 0.5) is 10.8 Å². The molecule has 1 amide bonds. The van der Waals surface area contributed by atoms with Crippen LogP contribution < -0.4 is 10.6 Å². The van der Waals surface area contributed by atoms with Crippen LogP contribution in [0.5, 0.6) is 0 Å². The minimum absolute atomic E-state index is 0.0170. The molecule has 3 rings (SSSR count). The highest BCUT2D eigenvalue weighted by Crippen LogP contribution is 2.28. The van der Waals surface area contributed by atoms with Crippen molar-refractivity contribution in [1.82, 2.24) is 15.3 Å². The van der Waals surface area contributed by atoms with E-state index in [0.29, 0.717) is 5.15 Å². The molecule has 0 radical (unpaired) electrons. The van der Waals surface area contributed by atoms with E-state index in [4.69, 9.17) is 11.6 Å². The Bertz CT molecular complexity index is 862. The Balaban J connectivity index is 1.71. The van der Waals surface area contributed by atoms with Gasteiger partial charge in [0.05, 0.1) is 23.6 Å². The molecule has 2 heterocycles. The summed E-state index contributed by atoms with van der Waals surface area (Å²) in [5.41, 5.74) is 3.81. The van der Waals surface area contributed by atoms with Gasteiger partial charge in [0.25, 0.3) is 0 Å². The van der Waals surface area contributed by atoms with Gasteiger partial charge < -0.3 is 10.6 Å². The third-order valence-electron chi connectivity index (χ3n) is 3.61. The summed E-state index contributed by atoms with van der Waals surface area (Å²) in [6, 6.07) is 11.6. The van der Waals surface area contributed by atoms with E-state index in [2.05, 4.69) is 20.6 Å². The molecular formula is C18H17ClN4OS. The zero-order valence-electron chi connectivity index (χ0n) is 13.8. The van der Waals surface area contributed by atoms with Crippen LogP contribution in [0.1, 0.15) is 25.5 Å². The molecule has 0 bridgehead atoms. The highest BCUT2D eigenvalue weighted by molar-refractivity contribution is 7.14. The summed E-state index contributed by atoms with van der Waals surface area (Å²) in [4.78, 5) is 19.8.